The van der Waals surface area contributed by atoms with Gasteiger partial charge < -0.3 is 10.6 Å². The highest BCUT2D eigenvalue weighted by atomic mass is 16.1. The summed E-state index contributed by atoms with van der Waals surface area (Å²) in [7, 11) is 0. The molecule has 1 rings (SSSR count). The summed E-state index contributed by atoms with van der Waals surface area (Å²) in [5, 5.41) is 6.13. The summed E-state index contributed by atoms with van der Waals surface area (Å²) in [6.07, 6.45) is 4.83. The van der Waals surface area contributed by atoms with Gasteiger partial charge in [0.05, 0.1) is 11.4 Å². The lowest BCUT2D eigenvalue weighted by Crippen LogP contribution is -2.29. The second-order valence-corrected chi connectivity index (χ2v) is 4.30. The zero-order valence-corrected chi connectivity index (χ0v) is 11.4. The molecule has 1 aromatic heterocycles. The van der Waals surface area contributed by atoms with Crippen molar-refractivity contribution < 1.29 is 4.79 Å². The Bertz CT molecular complexity index is 381. The lowest BCUT2D eigenvalue weighted by molar-refractivity contribution is -0.121. The third-order valence-electron chi connectivity index (χ3n) is 2.70. The first kappa shape index (κ1) is 14.6. The average molecular weight is 250 g/mol. The number of hydrogen-bond donors (Lipinski definition) is 2. The molecule has 2 N–H and O–H groups in total. The molecule has 0 aliphatic rings. The highest BCUT2D eigenvalue weighted by molar-refractivity contribution is 5.75. The van der Waals surface area contributed by atoms with Crippen LogP contribution in [0.2, 0.25) is 0 Å². The first-order valence-electron chi connectivity index (χ1n) is 6.42. The molecule has 0 aliphatic heterocycles. The number of nitrogens with one attached hydrogen (secondary N) is 2. The van der Waals surface area contributed by atoms with Gasteiger partial charge in [0.25, 0.3) is 0 Å². The molecule has 18 heavy (non-hydrogen) atoms. The molecule has 0 spiro atoms. The molecule has 0 saturated heterocycles. The molecule has 1 atom stereocenters. The lowest BCUT2D eigenvalue weighted by Gasteiger charge is -2.14. The number of aromatic nitrogens is 2. The Hall–Kier alpha value is -1.49. The zero-order valence-electron chi connectivity index (χ0n) is 11.4. The molecule has 0 saturated carbocycles. The summed E-state index contributed by atoms with van der Waals surface area (Å²) in [6, 6.07) is 0.109. The molecule has 1 amide bonds. The van der Waals surface area contributed by atoms with Gasteiger partial charge in [-0.05, 0) is 20.3 Å². The van der Waals surface area contributed by atoms with Gasteiger partial charge in [0.15, 0.2) is 0 Å². The summed E-state index contributed by atoms with van der Waals surface area (Å²) in [5.74, 6) is 0.0902. The van der Waals surface area contributed by atoms with Gasteiger partial charge in [-0.25, -0.2) is 0 Å². The van der Waals surface area contributed by atoms with E-state index in [1.807, 2.05) is 20.8 Å². The van der Waals surface area contributed by atoms with E-state index in [1.54, 1.807) is 12.4 Å². The Morgan fingerprint density at radius 3 is 2.72 bits per heavy atom. The van der Waals surface area contributed by atoms with Crippen molar-refractivity contribution in [1.82, 2.24) is 20.6 Å². The Kier molecular flexibility index (Phi) is 6.28. The number of carbonyl (C=O) groups excluding carboxylic acids is 1. The van der Waals surface area contributed by atoms with E-state index in [0.29, 0.717) is 13.0 Å². The molecule has 0 radical (unpaired) electrons. The maximum Gasteiger partial charge on any atom is 0.221 e. The zero-order chi connectivity index (χ0) is 13.4. The number of aryl methyl sites for hydroxylation is 1. The maximum atomic E-state index is 11.4. The third-order valence-corrected chi connectivity index (χ3v) is 2.70. The molecule has 0 fully saturated rings. The van der Waals surface area contributed by atoms with Gasteiger partial charge in [-0.2, -0.15) is 0 Å². The van der Waals surface area contributed by atoms with Crippen LogP contribution in [0, 0.1) is 6.92 Å². The van der Waals surface area contributed by atoms with Crippen LogP contribution >= 0.6 is 0 Å². The number of hydrogen-bond acceptors (Lipinski definition) is 4. The first-order valence-corrected chi connectivity index (χ1v) is 6.42. The van der Waals surface area contributed by atoms with Crippen LogP contribution in [0.4, 0.5) is 0 Å². The SMILES string of the molecule is CCCNC(=O)CCNC(C)c1nccnc1C. The van der Waals surface area contributed by atoms with Gasteiger partial charge in [-0.15, -0.1) is 0 Å². The Morgan fingerprint density at radius 1 is 1.33 bits per heavy atom. The van der Waals surface area contributed by atoms with Crippen LogP contribution in [0.15, 0.2) is 12.4 Å². The van der Waals surface area contributed by atoms with Crippen molar-refractivity contribution in [2.75, 3.05) is 13.1 Å². The van der Waals surface area contributed by atoms with E-state index >= 15 is 0 Å². The van der Waals surface area contributed by atoms with E-state index in [1.165, 1.54) is 0 Å². The van der Waals surface area contributed by atoms with Crippen molar-refractivity contribution in [2.24, 2.45) is 0 Å². The van der Waals surface area contributed by atoms with E-state index < -0.39 is 0 Å². The number of carbonyl (C=O) groups is 1. The van der Waals surface area contributed by atoms with Gasteiger partial charge in [0.2, 0.25) is 5.91 Å². The van der Waals surface area contributed by atoms with Crippen molar-refractivity contribution in [3.05, 3.63) is 23.8 Å². The minimum Gasteiger partial charge on any atom is -0.356 e. The largest absolute Gasteiger partial charge is 0.356 e. The molecule has 0 bridgehead atoms. The molecule has 100 valence electrons. The highest BCUT2D eigenvalue weighted by Gasteiger charge is 2.10. The number of nitrogens with zero attached hydrogens (tertiary/aromatic N) is 2. The van der Waals surface area contributed by atoms with Crippen LogP contribution in [-0.2, 0) is 4.79 Å². The fourth-order valence-electron chi connectivity index (χ4n) is 1.70. The molecule has 5 heteroatoms. The minimum absolute atomic E-state index is 0.0902. The van der Waals surface area contributed by atoms with Crippen LogP contribution in [0.5, 0.6) is 0 Å². The lowest BCUT2D eigenvalue weighted by atomic mass is 10.2. The van der Waals surface area contributed by atoms with Crippen molar-refractivity contribution >= 4 is 5.91 Å². The second-order valence-electron chi connectivity index (χ2n) is 4.30. The van der Waals surface area contributed by atoms with E-state index in [4.69, 9.17) is 0 Å². The highest BCUT2D eigenvalue weighted by Crippen LogP contribution is 2.11. The fraction of sp³-hybridized carbons (Fsp3) is 0.615. The van der Waals surface area contributed by atoms with E-state index in [2.05, 4.69) is 20.6 Å². The average Bonchev–Trinajstić information content (AvgIpc) is 2.36. The minimum atomic E-state index is 0.0902. The van der Waals surface area contributed by atoms with Gasteiger partial charge in [-0.1, -0.05) is 6.92 Å². The summed E-state index contributed by atoms with van der Waals surface area (Å²) in [6.45, 7) is 7.40. The van der Waals surface area contributed by atoms with Crippen molar-refractivity contribution in [3.8, 4) is 0 Å². The maximum absolute atomic E-state index is 11.4. The van der Waals surface area contributed by atoms with Crippen LogP contribution in [0.1, 0.15) is 44.1 Å². The van der Waals surface area contributed by atoms with E-state index in [-0.39, 0.29) is 11.9 Å². The van der Waals surface area contributed by atoms with Crippen molar-refractivity contribution in [2.45, 2.75) is 39.7 Å². The van der Waals surface area contributed by atoms with Crippen LogP contribution in [-0.4, -0.2) is 29.0 Å². The molecule has 0 aliphatic carbocycles. The summed E-state index contributed by atoms with van der Waals surface area (Å²) >= 11 is 0. The topological polar surface area (TPSA) is 66.9 Å². The smallest absolute Gasteiger partial charge is 0.221 e. The Labute approximate surface area is 108 Å². The molecule has 0 aromatic carbocycles. The molecule has 5 nitrogen and oxygen atoms in total. The first-order chi connectivity index (χ1) is 8.65. The van der Waals surface area contributed by atoms with Gasteiger partial charge in [0, 0.05) is 37.9 Å². The third kappa shape index (κ3) is 4.79. The molecule has 1 unspecified atom stereocenters. The summed E-state index contributed by atoms with van der Waals surface area (Å²) in [5.41, 5.74) is 1.86. The van der Waals surface area contributed by atoms with Gasteiger partial charge >= 0.3 is 0 Å². The van der Waals surface area contributed by atoms with E-state index in [0.717, 1.165) is 24.4 Å². The summed E-state index contributed by atoms with van der Waals surface area (Å²) in [4.78, 5) is 19.9. The molecular formula is C13H22N4O. The van der Waals surface area contributed by atoms with Crippen LogP contribution in [0.3, 0.4) is 0 Å². The monoisotopic (exact) mass is 250 g/mol. The standard InChI is InChI=1S/C13H22N4O/c1-4-6-16-12(18)5-7-14-10(2)13-11(3)15-8-9-17-13/h8-10,14H,4-7H2,1-3H3,(H,16,18). The molecular weight excluding hydrogens is 228 g/mol. The fourth-order valence-corrected chi connectivity index (χ4v) is 1.70. The quantitative estimate of drug-likeness (QED) is 0.766. The summed E-state index contributed by atoms with van der Waals surface area (Å²) < 4.78 is 0. The van der Waals surface area contributed by atoms with E-state index in [9.17, 15) is 4.79 Å². The number of rotatable bonds is 7. The van der Waals surface area contributed by atoms with Gasteiger partial charge in [0.1, 0.15) is 0 Å². The van der Waals surface area contributed by atoms with Crippen LogP contribution in [0.25, 0.3) is 0 Å². The second kappa shape index (κ2) is 7.76. The molecule has 1 heterocycles. The molecule has 1 aromatic rings. The number of amides is 1. The van der Waals surface area contributed by atoms with Crippen LogP contribution < -0.4 is 10.6 Å². The van der Waals surface area contributed by atoms with Crippen molar-refractivity contribution in [1.29, 1.82) is 0 Å². The predicted molar refractivity (Wildman–Crippen MR) is 71.1 cm³/mol. The predicted octanol–water partition coefficient (Wildman–Crippen LogP) is 1.35. The Balaban J connectivity index is 2.31. The Morgan fingerprint density at radius 2 is 2.06 bits per heavy atom. The van der Waals surface area contributed by atoms with Gasteiger partial charge in [-0.3, -0.25) is 14.8 Å². The van der Waals surface area contributed by atoms with Crippen molar-refractivity contribution in [3.63, 3.8) is 0 Å². The normalized spacial score (nSPS) is 12.2.